The normalized spacial score (nSPS) is 11.9. The summed E-state index contributed by atoms with van der Waals surface area (Å²) < 4.78 is 17.8. The third kappa shape index (κ3) is 4.17. The maximum absolute atomic E-state index is 12.3. The maximum atomic E-state index is 12.3. The van der Waals surface area contributed by atoms with Crippen LogP contribution >= 0.6 is 0 Å². The molecule has 160 valence electrons. The summed E-state index contributed by atoms with van der Waals surface area (Å²) in [7, 11) is 0. The molecular weight excluding hydrogens is 412 g/mol. The molecule has 0 saturated carbocycles. The van der Waals surface area contributed by atoms with Crippen LogP contribution in [0.5, 0.6) is 17.2 Å². The van der Waals surface area contributed by atoms with Crippen LogP contribution in [0.4, 0.5) is 16.2 Å². The number of aromatic nitrogens is 2. The molecule has 2 amide bonds. The lowest BCUT2D eigenvalue weighted by Gasteiger charge is -2.10. The van der Waals surface area contributed by atoms with Gasteiger partial charge in [0.2, 0.25) is 6.79 Å². The molecule has 2 N–H and O–H groups in total. The largest absolute Gasteiger partial charge is 0.487 e. The van der Waals surface area contributed by atoms with Gasteiger partial charge >= 0.3 is 6.03 Å². The number of ether oxygens (including phenoxy) is 3. The van der Waals surface area contributed by atoms with E-state index in [1.54, 1.807) is 60.8 Å². The molecule has 0 fully saturated rings. The van der Waals surface area contributed by atoms with Crippen molar-refractivity contribution < 1.29 is 19.0 Å². The average molecular weight is 430 g/mol. The van der Waals surface area contributed by atoms with E-state index in [9.17, 15) is 9.59 Å². The van der Waals surface area contributed by atoms with Crippen molar-refractivity contribution in [3.63, 3.8) is 0 Å². The first kappa shape index (κ1) is 19.4. The highest BCUT2D eigenvalue weighted by molar-refractivity contribution is 5.99. The summed E-state index contributed by atoms with van der Waals surface area (Å²) >= 11 is 0. The van der Waals surface area contributed by atoms with Crippen LogP contribution in [0.1, 0.15) is 5.69 Å². The number of pyridine rings is 1. The quantitative estimate of drug-likeness (QED) is 0.501. The molecule has 32 heavy (non-hydrogen) atoms. The van der Waals surface area contributed by atoms with Crippen LogP contribution in [0.3, 0.4) is 0 Å². The minimum Gasteiger partial charge on any atom is -0.487 e. The van der Waals surface area contributed by atoms with Gasteiger partial charge in [0.25, 0.3) is 5.56 Å². The molecule has 0 saturated heterocycles. The van der Waals surface area contributed by atoms with Gasteiger partial charge in [-0.2, -0.15) is 0 Å². The van der Waals surface area contributed by atoms with Crippen molar-refractivity contribution in [3.05, 3.63) is 89.0 Å². The van der Waals surface area contributed by atoms with E-state index in [1.807, 2.05) is 6.07 Å². The number of hydrogen-bond acceptors (Lipinski definition) is 6. The number of nitrogens with zero attached hydrogens (tertiary/aromatic N) is 2. The monoisotopic (exact) mass is 430 g/mol. The van der Waals surface area contributed by atoms with Gasteiger partial charge in [-0.05, 0) is 48.5 Å². The second-order valence-electron chi connectivity index (χ2n) is 6.97. The molecule has 9 heteroatoms. The molecule has 2 aromatic heterocycles. The Morgan fingerprint density at radius 3 is 2.62 bits per heavy atom. The fraction of sp³-hybridized carbons (Fsp3) is 0.0870. The van der Waals surface area contributed by atoms with E-state index < -0.39 is 6.03 Å². The van der Waals surface area contributed by atoms with E-state index >= 15 is 0 Å². The molecule has 2 aromatic carbocycles. The first-order valence-electron chi connectivity index (χ1n) is 9.82. The van der Waals surface area contributed by atoms with E-state index in [0.29, 0.717) is 40.0 Å². The lowest BCUT2D eigenvalue weighted by atomic mass is 10.3. The fourth-order valence-corrected chi connectivity index (χ4v) is 3.24. The zero-order chi connectivity index (χ0) is 21.9. The topological polar surface area (TPSA) is 103 Å². The van der Waals surface area contributed by atoms with Crippen molar-refractivity contribution in [1.29, 1.82) is 0 Å². The van der Waals surface area contributed by atoms with Crippen molar-refractivity contribution in [2.45, 2.75) is 6.61 Å². The van der Waals surface area contributed by atoms with Gasteiger partial charge in [0.15, 0.2) is 11.5 Å². The zero-order valence-corrected chi connectivity index (χ0v) is 16.8. The Morgan fingerprint density at radius 1 is 0.969 bits per heavy atom. The molecule has 9 nitrogen and oxygen atoms in total. The second-order valence-corrected chi connectivity index (χ2v) is 6.97. The Hall–Kier alpha value is -4.53. The molecule has 3 heterocycles. The van der Waals surface area contributed by atoms with Gasteiger partial charge in [-0.3, -0.25) is 9.20 Å². The summed E-state index contributed by atoms with van der Waals surface area (Å²) in [6.07, 6.45) is 1.67. The van der Waals surface area contributed by atoms with Crippen LogP contribution in [0.2, 0.25) is 0 Å². The SMILES string of the molecule is O=C(Nc1ccc(OCc2cc(=O)n3ccccc3n2)cc1)Nc1ccc2c(c1)OCO2. The summed E-state index contributed by atoms with van der Waals surface area (Å²) in [4.78, 5) is 28.8. The highest BCUT2D eigenvalue weighted by Gasteiger charge is 2.14. The lowest BCUT2D eigenvalue weighted by molar-refractivity contribution is 0.174. The summed E-state index contributed by atoms with van der Waals surface area (Å²) in [6, 6.07) is 18.5. The van der Waals surface area contributed by atoms with Crippen molar-refractivity contribution in [2.24, 2.45) is 0 Å². The fourth-order valence-electron chi connectivity index (χ4n) is 3.24. The van der Waals surface area contributed by atoms with Crippen molar-refractivity contribution in [3.8, 4) is 17.2 Å². The number of hydrogen-bond donors (Lipinski definition) is 2. The van der Waals surface area contributed by atoms with E-state index in [0.717, 1.165) is 0 Å². The van der Waals surface area contributed by atoms with Gasteiger partial charge in [0.05, 0.1) is 5.69 Å². The van der Waals surface area contributed by atoms with Gasteiger partial charge < -0.3 is 24.8 Å². The lowest BCUT2D eigenvalue weighted by Crippen LogP contribution is -2.19. The van der Waals surface area contributed by atoms with E-state index in [-0.39, 0.29) is 19.0 Å². The number of urea groups is 1. The number of nitrogens with one attached hydrogen (secondary N) is 2. The molecule has 4 aromatic rings. The number of benzene rings is 2. The molecule has 0 unspecified atom stereocenters. The maximum Gasteiger partial charge on any atom is 0.323 e. The Kier molecular flexibility index (Phi) is 5.04. The molecule has 0 radical (unpaired) electrons. The van der Waals surface area contributed by atoms with Crippen LogP contribution < -0.4 is 30.4 Å². The summed E-state index contributed by atoms with van der Waals surface area (Å²) in [5, 5.41) is 5.50. The molecule has 0 aliphatic carbocycles. The van der Waals surface area contributed by atoms with E-state index in [4.69, 9.17) is 14.2 Å². The molecular formula is C23H18N4O5. The third-order valence-corrected chi connectivity index (χ3v) is 4.75. The molecule has 0 atom stereocenters. The number of anilines is 2. The van der Waals surface area contributed by atoms with Gasteiger partial charge in [-0.15, -0.1) is 0 Å². The minimum absolute atomic E-state index is 0.151. The number of fused-ring (bicyclic) bond motifs is 2. The number of rotatable bonds is 5. The first-order chi connectivity index (χ1) is 15.6. The Labute approximate surface area is 182 Å². The molecule has 1 aliphatic heterocycles. The molecule has 0 bridgehead atoms. The van der Waals surface area contributed by atoms with Crippen molar-refractivity contribution >= 4 is 23.1 Å². The van der Waals surface area contributed by atoms with Gasteiger partial charge in [0.1, 0.15) is 18.0 Å². The van der Waals surface area contributed by atoms with Crippen LogP contribution in [0, 0.1) is 0 Å². The average Bonchev–Trinajstić information content (AvgIpc) is 3.26. The van der Waals surface area contributed by atoms with Crippen LogP contribution in [0.15, 0.2) is 77.7 Å². The first-order valence-corrected chi connectivity index (χ1v) is 9.82. The smallest absolute Gasteiger partial charge is 0.323 e. The van der Waals surface area contributed by atoms with E-state index in [1.165, 1.54) is 10.5 Å². The predicted octanol–water partition coefficient (Wildman–Crippen LogP) is 3.65. The van der Waals surface area contributed by atoms with Crippen LogP contribution in [-0.4, -0.2) is 22.2 Å². The van der Waals surface area contributed by atoms with Gasteiger partial charge in [0, 0.05) is 29.7 Å². The molecule has 5 rings (SSSR count). The third-order valence-electron chi connectivity index (χ3n) is 4.75. The number of amides is 2. The van der Waals surface area contributed by atoms with Crippen molar-refractivity contribution in [2.75, 3.05) is 17.4 Å². The summed E-state index contributed by atoms with van der Waals surface area (Å²) in [6.45, 7) is 0.325. The highest BCUT2D eigenvalue weighted by Crippen LogP contribution is 2.34. The highest BCUT2D eigenvalue weighted by atomic mass is 16.7. The molecule has 1 aliphatic rings. The van der Waals surface area contributed by atoms with Crippen molar-refractivity contribution in [1.82, 2.24) is 9.38 Å². The van der Waals surface area contributed by atoms with Gasteiger partial charge in [-0.25, -0.2) is 9.78 Å². The van der Waals surface area contributed by atoms with Crippen LogP contribution in [-0.2, 0) is 6.61 Å². The summed E-state index contributed by atoms with van der Waals surface area (Å²) in [5.41, 5.74) is 2.11. The van der Waals surface area contributed by atoms with Gasteiger partial charge in [-0.1, -0.05) is 6.07 Å². The Morgan fingerprint density at radius 2 is 1.75 bits per heavy atom. The predicted molar refractivity (Wildman–Crippen MR) is 117 cm³/mol. The Balaban J connectivity index is 1.18. The van der Waals surface area contributed by atoms with E-state index in [2.05, 4.69) is 15.6 Å². The number of carbonyl (C=O) groups excluding carboxylic acids is 1. The Bertz CT molecular complexity index is 1350. The molecule has 0 spiro atoms. The zero-order valence-electron chi connectivity index (χ0n) is 16.8. The minimum atomic E-state index is -0.390. The van der Waals surface area contributed by atoms with Crippen LogP contribution in [0.25, 0.3) is 5.65 Å². The summed E-state index contributed by atoms with van der Waals surface area (Å²) in [5.74, 6) is 1.82. The standard InChI is InChI=1S/C23H18N4O5/c28-22-12-17(24-21-3-1-2-10-27(21)22)13-30-18-7-4-15(5-8-18)25-23(29)26-16-6-9-19-20(11-16)32-14-31-19/h1-12H,13-14H2,(H2,25,26,29). The second kappa shape index (κ2) is 8.31. The number of carbonyl (C=O) groups is 1.